The molecular weight excluding hydrogens is 264 g/mol. The smallest absolute Gasteiger partial charge is 0.243 e. The van der Waals surface area contributed by atoms with E-state index in [2.05, 4.69) is 5.32 Å². The average molecular weight is 282 g/mol. The molecule has 2 rings (SSSR count). The molecule has 0 spiro atoms. The molecule has 1 N–H and O–H groups in total. The van der Waals surface area contributed by atoms with Gasteiger partial charge in [-0.2, -0.15) is 4.31 Å². The third kappa shape index (κ3) is 2.96. The number of piperidine rings is 1. The van der Waals surface area contributed by atoms with E-state index in [4.69, 9.17) is 0 Å². The van der Waals surface area contributed by atoms with E-state index in [0.29, 0.717) is 13.0 Å². The molecule has 104 valence electrons. The molecule has 0 aromatic heterocycles. The molecule has 0 unspecified atom stereocenters. The maximum Gasteiger partial charge on any atom is 0.243 e. The summed E-state index contributed by atoms with van der Waals surface area (Å²) in [6.07, 6.45) is 1.45. The largest absolute Gasteiger partial charge is 0.359 e. The Bertz CT molecular complexity index is 542. The van der Waals surface area contributed by atoms with Crippen LogP contribution in [0.1, 0.15) is 12.8 Å². The van der Waals surface area contributed by atoms with Crippen molar-refractivity contribution in [1.82, 2.24) is 9.62 Å². The van der Waals surface area contributed by atoms with Crippen LogP contribution >= 0.6 is 0 Å². The summed E-state index contributed by atoms with van der Waals surface area (Å²) in [6, 6.07) is 8.35. The molecule has 1 atom stereocenters. The fourth-order valence-corrected chi connectivity index (χ4v) is 3.87. The van der Waals surface area contributed by atoms with E-state index >= 15 is 0 Å². The summed E-state index contributed by atoms with van der Waals surface area (Å²) >= 11 is 0. The first-order chi connectivity index (χ1) is 9.05. The molecule has 0 saturated carbocycles. The number of nitrogens with zero attached hydrogens (tertiary/aromatic N) is 1. The van der Waals surface area contributed by atoms with Gasteiger partial charge in [0.1, 0.15) is 0 Å². The number of sulfonamides is 1. The van der Waals surface area contributed by atoms with E-state index in [1.807, 2.05) is 0 Å². The molecule has 1 heterocycles. The first kappa shape index (κ1) is 14.0. The molecule has 6 heteroatoms. The minimum atomic E-state index is -3.48. The van der Waals surface area contributed by atoms with Gasteiger partial charge < -0.3 is 5.32 Å². The minimum absolute atomic E-state index is 0.0899. The predicted octanol–water partition coefficient (Wildman–Crippen LogP) is 0.833. The van der Waals surface area contributed by atoms with Gasteiger partial charge in [-0.25, -0.2) is 8.42 Å². The average Bonchev–Trinajstić information content (AvgIpc) is 2.47. The number of nitrogens with one attached hydrogen (secondary N) is 1. The lowest BCUT2D eigenvalue weighted by Gasteiger charge is -2.30. The molecule has 1 fully saturated rings. The Labute approximate surface area is 113 Å². The summed E-state index contributed by atoms with van der Waals surface area (Å²) in [7, 11) is -1.91. The quantitative estimate of drug-likeness (QED) is 0.893. The Morgan fingerprint density at radius 3 is 2.63 bits per heavy atom. The SMILES string of the molecule is CNC(=O)[C@H]1CCCN(S(=O)(=O)c2ccccc2)C1. The van der Waals surface area contributed by atoms with E-state index in [1.54, 1.807) is 37.4 Å². The van der Waals surface area contributed by atoms with Gasteiger partial charge in [0.15, 0.2) is 0 Å². The van der Waals surface area contributed by atoms with Crippen LogP contribution in [0.25, 0.3) is 0 Å². The zero-order valence-electron chi connectivity index (χ0n) is 10.9. The van der Waals surface area contributed by atoms with E-state index in [-0.39, 0.29) is 23.3 Å². The maximum atomic E-state index is 12.4. The summed E-state index contributed by atoms with van der Waals surface area (Å²) in [4.78, 5) is 11.9. The van der Waals surface area contributed by atoms with Crippen LogP contribution in [0.2, 0.25) is 0 Å². The Morgan fingerprint density at radius 2 is 2.00 bits per heavy atom. The second kappa shape index (κ2) is 5.71. The molecule has 0 radical (unpaired) electrons. The Hall–Kier alpha value is -1.40. The van der Waals surface area contributed by atoms with Crippen molar-refractivity contribution in [2.24, 2.45) is 5.92 Å². The van der Waals surface area contributed by atoms with Gasteiger partial charge >= 0.3 is 0 Å². The van der Waals surface area contributed by atoms with Gasteiger partial charge in [-0.15, -0.1) is 0 Å². The highest BCUT2D eigenvalue weighted by atomic mass is 32.2. The number of carbonyl (C=O) groups excluding carboxylic acids is 1. The van der Waals surface area contributed by atoms with Crippen molar-refractivity contribution in [3.63, 3.8) is 0 Å². The highest BCUT2D eigenvalue weighted by Crippen LogP contribution is 2.23. The Morgan fingerprint density at radius 1 is 1.32 bits per heavy atom. The van der Waals surface area contributed by atoms with E-state index in [1.165, 1.54) is 4.31 Å². The van der Waals surface area contributed by atoms with Crippen LogP contribution in [0.4, 0.5) is 0 Å². The van der Waals surface area contributed by atoms with Gasteiger partial charge in [-0.05, 0) is 25.0 Å². The van der Waals surface area contributed by atoms with Crippen LogP contribution in [0, 0.1) is 5.92 Å². The van der Waals surface area contributed by atoms with Crippen LogP contribution in [0.3, 0.4) is 0 Å². The number of carbonyl (C=O) groups is 1. The van der Waals surface area contributed by atoms with Crippen molar-refractivity contribution in [2.75, 3.05) is 20.1 Å². The van der Waals surface area contributed by atoms with Gasteiger partial charge in [0, 0.05) is 20.1 Å². The molecule has 1 amide bonds. The summed E-state index contributed by atoms with van der Waals surface area (Å²) in [5, 5.41) is 2.59. The van der Waals surface area contributed by atoms with Gasteiger partial charge in [0.25, 0.3) is 0 Å². The van der Waals surface area contributed by atoms with Gasteiger partial charge in [-0.1, -0.05) is 18.2 Å². The lowest BCUT2D eigenvalue weighted by Crippen LogP contribution is -2.44. The number of benzene rings is 1. The first-order valence-electron chi connectivity index (χ1n) is 6.32. The molecule has 1 saturated heterocycles. The van der Waals surface area contributed by atoms with Crippen molar-refractivity contribution < 1.29 is 13.2 Å². The number of hydrogen-bond acceptors (Lipinski definition) is 3. The van der Waals surface area contributed by atoms with E-state index in [0.717, 1.165) is 6.42 Å². The molecule has 0 aliphatic carbocycles. The summed E-state index contributed by atoms with van der Waals surface area (Å²) in [6.45, 7) is 0.738. The molecule has 5 nitrogen and oxygen atoms in total. The number of amides is 1. The number of hydrogen-bond donors (Lipinski definition) is 1. The van der Waals surface area contributed by atoms with Crippen LogP contribution in [-0.4, -0.2) is 38.8 Å². The fraction of sp³-hybridized carbons (Fsp3) is 0.462. The zero-order valence-corrected chi connectivity index (χ0v) is 11.7. The fourth-order valence-electron chi connectivity index (χ4n) is 2.32. The van der Waals surface area contributed by atoms with Gasteiger partial charge in [0.2, 0.25) is 15.9 Å². The monoisotopic (exact) mass is 282 g/mol. The Balaban J connectivity index is 2.20. The highest BCUT2D eigenvalue weighted by molar-refractivity contribution is 7.89. The van der Waals surface area contributed by atoms with Gasteiger partial charge in [-0.3, -0.25) is 4.79 Å². The lowest BCUT2D eigenvalue weighted by molar-refractivity contribution is -0.125. The van der Waals surface area contributed by atoms with Gasteiger partial charge in [0.05, 0.1) is 10.8 Å². The summed E-state index contributed by atoms with van der Waals surface area (Å²) < 4.78 is 26.3. The van der Waals surface area contributed by atoms with Crippen molar-refractivity contribution >= 4 is 15.9 Å². The third-order valence-corrected chi connectivity index (χ3v) is 5.26. The van der Waals surface area contributed by atoms with Crippen LogP contribution < -0.4 is 5.32 Å². The summed E-state index contributed by atoms with van der Waals surface area (Å²) in [5.41, 5.74) is 0. The van der Waals surface area contributed by atoms with Crippen LogP contribution in [-0.2, 0) is 14.8 Å². The predicted molar refractivity (Wildman–Crippen MR) is 72.0 cm³/mol. The van der Waals surface area contributed by atoms with Crippen molar-refractivity contribution in [3.05, 3.63) is 30.3 Å². The normalized spacial score (nSPS) is 21.0. The second-order valence-corrected chi connectivity index (χ2v) is 6.57. The molecule has 1 aromatic carbocycles. The molecule has 1 aliphatic rings. The summed E-state index contributed by atoms with van der Waals surface area (Å²) in [5.74, 6) is -0.342. The third-order valence-electron chi connectivity index (χ3n) is 3.38. The standard InChI is InChI=1S/C13H18N2O3S/c1-14-13(16)11-6-5-9-15(10-11)19(17,18)12-7-3-2-4-8-12/h2-4,7-8,11H,5-6,9-10H2,1H3,(H,14,16)/t11-/m0/s1. The maximum absolute atomic E-state index is 12.4. The molecule has 19 heavy (non-hydrogen) atoms. The lowest BCUT2D eigenvalue weighted by atomic mass is 9.99. The second-order valence-electron chi connectivity index (χ2n) is 4.63. The first-order valence-corrected chi connectivity index (χ1v) is 7.76. The van der Waals surface area contributed by atoms with Crippen molar-refractivity contribution in [1.29, 1.82) is 0 Å². The molecule has 0 bridgehead atoms. The van der Waals surface area contributed by atoms with Crippen LogP contribution in [0.15, 0.2) is 35.2 Å². The molecule has 1 aliphatic heterocycles. The zero-order chi connectivity index (χ0) is 13.9. The van der Waals surface area contributed by atoms with Crippen molar-refractivity contribution in [3.8, 4) is 0 Å². The van der Waals surface area contributed by atoms with Crippen molar-refractivity contribution in [2.45, 2.75) is 17.7 Å². The molecule has 1 aromatic rings. The molecular formula is C13H18N2O3S. The number of rotatable bonds is 3. The van der Waals surface area contributed by atoms with E-state index < -0.39 is 10.0 Å². The van der Waals surface area contributed by atoms with E-state index in [9.17, 15) is 13.2 Å². The Kier molecular flexibility index (Phi) is 4.21. The van der Waals surface area contributed by atoms with Crippen LogP contribution in [0.5, 0.6) is 0 Å². The minimum Gasteiger partial charge on any atom is -0.359 e. The highest BCUT2D eigenvalue weighted by Gasteiger charge is 2.32. The topological polar surface area (TPSA) is 66.5 Å².